The molecule has 4 heteroatoms. The third kappa shape index (κ3) is 2.37. The van der Waals surface area contributed by atoms with Crippen LogP contribution >= 0.6 is 0 Å². The standard InChI is InChI=1S/C14H15NO3/c16-13-5-6-15-12-4-3-10(8-11(12)13)18-14(17)7-9-1-2-9/h3-4,8-9,15H,1-2,5-7H2. The first-order valence-electron chi connectivity index (χ1n) is 6.34. The van der Waals surface area contributed by atoms with Crippen molar-refractivity contribution >= 4 is 17.4 Å². The molecule has 1 aromatic rings. The molecular formula is C14H15NO3. The van der Waals surface area contributed by atoms with E-state index in [1.165, 1.54) is 0 Å². The molecule has 0 spiro atoms. The monoisotopic (exact) mass is 245 g/mol. The molecule has 1 heterocycles. The Labute approximate surface area is 105 Å². The first-order valence-corrected chi connectivity index (χ1v) is 6.34. The summed E-state index contributed by atoms with van der Waals surface area (Å²) in [4.78, 5) is 23.3. The van der Waals surface area contributed by atoms with Gasteiger partial charge in [0.25, 0.3) is 0 Å². The van der Waals surface area contributed by atoms with Gasteiger partial charge in [-0.2, -0.15) is 0 Å². The van der Waals surface area contributed by atoms with Crippen molar-refractivity contribution in [2.24, 2.45) is 5.92 Å². The molecule has 0 unspecified atom stereocenters. The maximum absolute atomic E-state index is 11.7. The summed E-state index contributed by atoms with van der Waals surface area (Å²) in [6.07, 6.45) is 3.24. The summed E-state index contributed by atoms with van der Waals surface area (Å²) in [5.74, 6) is 0.882. The van der Waals surface area contributed by atoms with Crippen LogP contribution in [-0.2, 0) is 4.79 Å². The molecule has 0 bridgehead atoms. The molecule has 18 heavy (non-hydrogen) atoms. The number of hydrogen-bond acceptors (Lipinski definition) is 4. The van der Waals surface area contributed by atoms with E-state index in [9.17, 15) is 9.59 Å². The van der Waals surface area contributed by atoms with E-state index in [1.54, 1.807) is 18.2 Å². The van der Waals surface area contributed by atoms with E-state index in [0.29, 0.717) is 36.6 Å². The Balaban J connectivity index is 1.74. The summed E-state index contributed by atoms with van der Waals surface area (Å²) in [7, 11) is 0. The van der Waals surface area contributed by atoms with E-state index in [4.69, 9.17) is 4.74 Å². The Morgan fingerprint density at radius 3 is 3.00 bits per heavy atom. The van der Waals surface area contributed by atoms with Crippen molar-refractivity contribution in [1.82, 2.24) is 0 Å². The summed E-state index contributed by atoms with van der Waals surface area (Å²) in [6, 6.07) is 5.19. The average molecular weight is 245 g/mol. The first-order chi connectivity index (χ1) is 8.72. The molecule has 4 nitrogen and oxygen atoms in total. The number of esters is 1. The quantitative estimate of drug-likeness (QED) is 0.656. The zero-order valence-corrected chi connectivity index (χ0v) is 10.1. The number of Topliss-reactive ketones (excluding diaryl/α,β-unsaturated/α-hetero) is 1. The van der Waals surface area contributed by atoms with Crippen molar-refractivity contribution in [1.29, 1.82) is 0 Å². The summed E-state index contributed by atoms with van der Waals surface area (Å²) >= 11 is 0. The molecule has 2 aliphatic rings. The van der Waals surface area contributed by atoms with Gasteiger partial charge in [0.05, 0.1) is 0 Å². The maximum atomic E-state index is 11.7. The number of fused-ring (bicyclic) bond motifs is 1. The van der Waals surface area contributed by atoms with E-state index in [0.717, 1.165) is 18.5 Å². The highest BCUT2D eigenvalue weighted by molar-refractivity contribution is 6.03. The molecule has 1 aliphatic carbocycles. The fourth-order valence-corrected chi connectivity index (χ4v) is 2.15. The van der Waals surface area contributed by atoms with Crippen LogP contribution in [0.15, 0.2) is 18.2 Å². The maximum Gasteiger partial charge on any atom is 0.311 e. The van der Waals surface area contributed by atoms with Crippen LogP contribution in [0.5, 0.6) is 5.75 Å². The average Bonchev–Trinajstić information content (AvgIpc) is 3.14. The molecular weight excluding hydrogens is 230 g/mol. The lowest BCUT2D eigenvalue weighted by Crippen LogP contribution is -2.18. The van der Waals surface area contributed by atoms with Gasteiger partial charge in [0, 0.05) is 30.6 Å². The van der Waals surface area contributed by atoms with Crippen molar-refractivity contribution in [3.63, 3.8) is 0 Å². The van der Waals surface area contributed by atoms with Gasteiger partial charge in [0.1, 0.15) is 5.75 Å². The van der Waals surface area contributed by atoms with Crippen LogP contribution in [-0.4, -0.2) is 18.3 Å². The van der Waals surface area contributed by atoms with Gasteiger partial charge in [-0.3, -0.25) is 9.59 Å². The highest BCUT2D eigenvalue weighted by Gasteiger charge is 2.25. The van der Waals surface area contributed by atoms with E-state index < -0.39 is 0 Å². The summed E-state index contributed by atoms with van der Waals surface area (Å²) in [6.45, 7) is 0.673. The predicted octanol–water partition coefficient (Wildman–Crippen LogP) is 2.39. The molecule has 1 saturated carbocycles. The molecule has 0 radical (unpaired) electrons. The minimum absolute atomic E-state index is 0.101. The van der Waals surface area contributed by atoms with Gasteiger partial charge in [-0.15, -0.1) is 0 Å². The van der Waals surface area contributed by atoms with Crippen molar-refractivity contribution in [2.75, 3.05) is 11.9 Å². The first kappa shape index (κ1) is 11.3. The van der Waals surface area contributed by atoms with Gasteiger partial charge < -0.3 is 10.1 Å². The second kappa shape index (κ2) is 4.44. The molecule has 94 valence electrons. The Bertz CT molecular complexity index is 506. The molecule has 1 N–H and O–H groups in total. The molecule has 0 aromatic heterocycles. The van der Waals surface area contributed by atoms with Crippen LogP contribution in [0, 0.1) is 5.92 Å². The van der Waals surface area contributed by atoms with Gasteiger partial charge in [-0.05, 0) is 37.0 Å². The van der Waals surface area contributed by atoms with Crippen molar-refractivity contribution in [3.8, 4) is 5.75 Å². The smallest absolute Gasteiger partial charge is 0.311 e. The Morgan fingerprint density at radius 2 is 2.22 bits per heavy atom. The number of carbonyl (C=O) groups excluding carboxylic acids is 2. The topological polar surface area (TPSA) is 55.4 Å². The van der Waals surface area contributed by atoms with Crippen LogP contribution in [0.25, 0.3) is 0 Å². The number of hydrogen-bond donors (Lipinski definition) is 1. The fraction of sp³-hybridized carbons (Fsp3) is 0.429. The van der Waals surface area contributed by atoms with Crippen LogP contribution in [0.1, 0.15) is 36.0 Å². The minimum Gasteiger partial charge on any atom is -0.426 e. The van der Waals surface area contributed by atoms with Crippen LogP contribution < -0.4 is 10.1 Å². The van der Waals surface area contributed by atoms with Crippen LogP contribution in [0.2, 0.25) is 0 Å². The second-order valence-corrected chi connectivity index (χ2v) is 4.93. The molecule has 0 saturated heterocycles. The largest absolute Gasteiger partial charge is 0.426 e. The van der Waals surface area contributed by atoms with E-state index in [-0.39, 0.29) is 11.8 Å². The number of nitrogens with one attached hydrogen (secondary N) is 1. The Kier molecular flexibility index (Phi) is 2.78. The fourth-order valence-electron chi connectivity index (χ4n) is 2.15. The Hall–Kier alpha value is -1.84. The normalized spacial score (nSPS) is 17.9. The highest BCUT2D eigenvalue weighted by Crippen LogP contribution is 2.33. The third-order valence-electron chi connectivity index (χ3n) is 3.34. The zero-order chi connectivity index (χ0) is 12.5. The van der Waals surface area contributed by atoms with Gasteiger partial charge in [-0.1, -0.05) is 0 Å². The number of ketones is 1. The molecule has 1 fully saturated rings. The van der Waals surface area contributed by atoms with Crippen LogP contribution in [0.3, 0.4) is 0 Å². The van der Waals surface area contributed by atoms with E-state index in [1.807, 2.05) is 0 Å². The predicted molar refractivity (Wildman–Crippen MR) is 66.9 cm³/mol. The van der Waals surface area contributed by atoms with E-state index in [2.05, 4.69) is 5.32 Å². The van der Waals surface area contributed by atoms with Crippen molar-refractivity contribution in [2.45, 2.75) is 25.7 Å². The van der Waals surface area contributed by atoms with Crippen LogP contribution in [0.4, 0.5) is 5.69 Å². The number of rotatable bonds is 3. The summed E-state index contributed by atoms with van der Waals surface area (Å²) in [5, 5.41) is 3.15. The van der Waals surface area contributed by atoms with E-state index >= 15 is 0 Å². The lowest BCUT2D eigenvalue weighted by Gasteiger charge is -2.17. The van der Waals surface area contributed by atoms with Gasteiger partial charge >= 0.3 is 5.97 Å². The lowest BCUT2D eigenvalue weighted by molar-refractivity contribution is -0.134. The summed E-state index contributed by atoms with van der Waals surface area (Å²) in [5.41, 5.74) is 1.45. The van der Waals surface area contributed by atoms with Gasteiger partial charge in [0.2, 0.25) is 0 Å². The molecule has 1 aromatic carbocycles. The number of ether oxygens (including phenoxy) is 1. The SMILES string of the molecule is O=C(CC1CC1)Oc1ccc2c(c1)C(=O)CCN2. The molecule has 1 aliphatic heterocycles. The molecule has 0 amide bonds. The lowest BCUT2D eigenvalue weighted by atomic mass is 10.0. The third-order valence-corrected chi connectivity index (χ3v) is 3.34. The summed E-state index contributed by atoms with van der Waals surface area (Å²) < 4.78 is 5.26. The number of carbonyl (C=O) groups is 2. The van der Waals surface area contributed by atoms with Gasteiger partial charge in [-0.25, -0.2) is 0 Å². The molecule has 0 atom stereocenters. The minimum atomic E-state index is -0.200. The Morgan fingerprint density at radius 1 is 1.39 bits per heavy atom. The molecule has 3 rings (SSSR count). The number of anilines is 1. The van der Waals surface area contributed by atoms with Crippen molar-refractivity contribution < 1.29 is 14.3 Å². The number of benzene rings is 1. The highest BCUT2D eigenvalue weighted by atomic mass is 16.5. The zero-order valence-electron chi connectivity index (χ0n) is 10.1. The second-order valence-electron chi connectivity index (χ2n) is 4.93. The van der Waals surface area contributed by atoms with Gasteiger partial charge in [0.15, 0.2) is 5.78 Å². The van der Waals surface area contributed by atoms with Crippen molar-refractivity contribution in [3.05, 3.63) is 23.8 Å².